The Morgan fingerprint density at radius 3 is 2.83 bits per heavy atom. The number of aromatic nitrogens is 2. The van der Waals surface area contributed by atoms with Gasteiger partial charge in [0.1, 0.15) is 17.6 Å². The van der Waals surface area contributed by atoms with Crippen molar-refractivity contribution < 1.29 is 18.7 Å². The molecule has 2 aromatic rings. The van der Waals surface area contributed by atoms with Gasteiger partial charge in [-0.2, -0.15) is 0 Å². The van der Waals surface area contributed by atoms with Crippen LogP contribution in [0.1, 0.15) is 25.1 Å². The van der Waals surface area contributed by atoms with Gasteiger partial charge in [-0.25, -0.2) is 14.2 Å². The van der Waals surface area contributed by atoms with Gasteiger partial charge in [-0.15, -0.1) is 0 Å². The summed E-state index contributed by atoms with van der Waals surface area (Å²) in [4.78, 5) is 29.7. The van der Waals surface area contributed by atoms with E-state index in [0.29, 0.717) is 48.8 Å². The van der Waals surface area contributed by atoms with Crippen LogP contribution in [-0.2, 0) is 20.9 Å². The molecule has 1 aromatic heterocycles. The maximum Gasteiger partial charge on any atom is 0.310 e. The second-order valence-corrected chi connectivity index (χ2v) is 8.20. The molecule has 30 heavy (non-hydrogen) atoms. The molecule has 2 aliphatic heterocycles. The Hall–Kier alpha value is -3.18. The SMILES string of the molecule is COC(=O)[C@H]1CCN(c2ccc(-c3cn4c(n3)C(C3CC3)=CC(=C=O)C4)c(F)c2)C1. The number of benzene rings is 1. The molecular weight excluding hydrogens is 385 g/mol. The second kappa shape index (κ2) is 7.26. The Morgan fingerprint density at radius 1 is 1.30 bits per heavy atom. The minimum atomic E-state index is -0.354. The van der Waals surface area contributed by atoms with Crippen LogP contribution < -0.4 is 4.90 Å². The molecule has 0 spiro atoms. The summed E-state index contributed by atoms with van der Waals surface area (Å²) in [6.45, 7) is 1.62. The standard InChI is InChI=1S/C23H22FN3O3/c1-30-23(29)16-6-7-26(11-16)17-4-5-18(20(24)9-17)21-12-27-10-14(13-28)8-19(15-2-3-15)22(27)25-21/h4-5,8-9,12,15-16H,2-3,6-7,10-11H2,1H3/t16-/m0/s1. The van der Waals surface area contributed by atoms with E-state index in [9.17, 15) is 9.59 Å². The number of fused-ring (bicyclic) bond motifs is 1. The number of halogens is 1. The van der Waals surface area contributed by atoms with E-state index >= 15 is 4.39 Å². The first-order valence-electron chi connectivity index (χ1n) is 10.2. The topological polar surface area (TPSA) is 64.4 Å². The molecule has 7 heteroatoms. The van der Waals surface area contributed by atoms with E-state index in [0.717, 1.165) is 29.9 Å². The predicted octanol–water partition coefficient (Wildman–Crippen LogP) is 3.25. The highest BCUT2D eigenvalue weighted by Crippen LogP contribution is 2.44. The number of nitrogens with zero attached hydrogens (tertiary/aromatic N) is 3. The van der Waals surface area contributed by atoms with Crippen molar-refractivity contribution in [2.75, 3.05) is 25.1 Å². The molecule has 1 aliphatic carbocycles. The molecule has 1 saturated carbocycles. The fourth-order valence-corrected chi connectivity index (χ4v) is 4.40. The minimum Gasteiger partial charge on any atom is -0.469 e. The van der Waals surface area contributed by atoms with Crippen molar-refractivity contribution in [2.24, 2.45) is 11.8 Å². The first-order valence-corrected chi connectivity index (χ1v) is 10.2. The number of imidazole rings is 1. The van der Waals surface area contributed by atoms with Gasteiger partial charge in [0.2, 0.25) is 0 Å². The third kappa shape index (κ3) is 3.25. The molecule has 0 bridgehead atoms. The number of methoxy groups -OCH3 is 1. The molecule has 0 amide bonds. The van der Waals surface area contributed by atoms with Gasteiger partial charge in [-0.3, -0.25) is 4.79 Å². The molecule has 0 radical (unpaired) electrons. The average molecular weight is 407 g/mol. The highest BCUT2D eigenvalue weighted by Gasteiger charge is 2.33. The molecular formula is C23H22FN3O3. The van der Waals surface area contributed by atoms with Gasteiger partial charge < -0.3 is 14.2 Å². The summed E-state index contributed by atoms with van der Waals surface area (Å²) >= 11 is 0. The van der Waals surface area contributed by atoms with Crippen molar-refractivity contribution in [3.05, 3.63) is 47.7 Å². The first-order chi connectivity index (χ1) is 14.6. The maximum absolute atomic E-state index is 15.0. The van der Waals surface area contributed by atoms with Gasteiger partial charge in [0.25, 0.3) is 0 Å². The molecule has 3 heterocycles. The van der Waals surface area contributed by atoms with Gasteiger partial charge in [0, 0.05) is 30.5 Å². The van der Waals surface area contributed by atoms with Gasteiger partial charge in [-0.1, -0.05) is 0 Å². The number of allylic oxidation sites excluding steroid dienone is 3. The monoisotopic (exact) mass is 407 g/mol. The summed E-state index contributed by atoms with van der Waals surface area (Å²) in [5, 5.41) is 0. The van der Waals surface area contributed by atoms with Gasteiger partial charge in [0.05, 0.1) is 30.8 Å². The average Bonchev–Trinajstić information content (AvgIpc) is 3.32. The normalized spacial score (nSPS) is 20.6. The molecule has 0 N–H and O–H groups in total. The van der Waals surface area contributed by atoms with Crippen molar-refractivity contribution >= 4 is 23.2 Å². The van der Waals surface area contributed by atoms with Gasteiger partial charge in [-0.05, 0) is 55.0 Å². The van der Waals surface area contributed by atoms with Crippen LogP contribution in [-0.4, -0.2) is 41.7 Å². The van der Waals surface area contributed by atoms with E-state index in [-0.39, 0.29) is 17.7 Å². The van der Waals surface area contributed by atoms with Crippen LogP contribution in [0.4, 0.5) is 10.1 Å². The van der Waals surface area contributed by atoms with Crippen molar-refractivity contribution in [3.63, 3.8) is 0 Å². The highest BCUT2D eigenvalue weighted by molar-refractivity contribution is 5.77. The van der Waals surface area contributed by atoms with E-state index in [1.165, 1.54) is 13.2 Å². The van der Waals surface area contributed by atoms with Crippen LogP contribution in [0, 0.1) is 17.7 Å². The third-order valence-corrected chi connectivity index (χ3v) is 6.17. The van der Waals surface area contributed by atoms with Crippen LogP contribution in [0.2, 0.25) is 0 Å². The Kier molecular flexibility index (Phi) is 4.55. The lowest BCUT2D eigenvalue weighted by molar-refractivity contribution is -0.144. The summed E-state index contributed by atoms with van der Waals surface area (Å²) in [5.74, 6) is 2.49. The maximum atomic E-state index is 15.0. The van der Waals surface area contributed by atoms with Gasteiger partial charge in [0.15, 0.2) is 0 Å². The molecule has 2 fully saturated rings. The molecule has 6 nitrogen and oxygen atoms in total. The number of anilines is 1. The van der Waals surface area contributed by atoms with E-state index in [1.807, 2.05) is 33.7 Å². The summed E-state index contributed by atoms with van der Waals surface area (Å²) in [5.41, 5.74) is 3.38. The van der Waals surface area contributed by atoms with Crippen molar-refractivity contribution in [1.82, 2.24) is 9.55 Å². The molecule has 0 unspecified atom stereocenters. The molecule has 1 atom stereocenters. The fraction of sp³-hybridized carbons (Fsp3) is 0.391. The summed E-state index contributed by atoms with van der Waals surface area (Å²) in [6.07, 6.45) is 6.58. The zero-order valence-electron chi connectivity index (χ0n) is 16.7. The van der Waals surface area contributed by atoms with Crippen LogP contribution in [0.5, 0.6) is 0 Å². The molecule has 3 aliphatic rings. The molecule has 5 rings (SSSR count). The molecule has 1 aromatic carbocycles. The quantitative estimate of drug-likeness (QED) is 0.575. The molecule has 154 valence electrons. The minimum absolute atomic E-state index is 0.176. The Labute approximate surface area is 173 Å². The first kappa shape index (κ1) is 18.8. The number of esters is 1. The van der Waals surface area contributed by atoms with Crippen molar-refractivity contribution in [2.45, 2.75) is 25.8 Å². The van der Waals surface area contributed by atoms with E-state index in [2.05, 4.69) is 0 Å². The third-order valence-electron chi connectivity index (χ3n) is 6.17. The largest absolute Gasteiger partial charge is 0.469 e. The number of hydrogen-bond acceptors (Lipinski definition) is 5. The molecule has 1 saturated heterocycles. The summed E-state index contributed by atoms with van der Waals surface area (Å²) in [6, 6.07) is 5.11. The Bertz CT molecular complexity index is 1110. The van der Waals surface area contributed by atoms with Crippen LogP contribution >= 0.6 is 0 Å². The second-order valence-electron chi connectivity index (χ2n) is 8.20. The smallest absolute Gasteiger partial charge is 0.310 e. The van der Waals surface area contributed by atoms with Gasteiger partial charge >= 0.3 is 5.97 Å². The highest BCUT2D eigenvalue weighted by atomic mass is 19.1. The zero-order valence-corrected chi connectivity index (χ0v) is 16.7. The van der Waals surface area contributed by atoms with Crippen molar-refractivity contribution in [3.8, 4) is 11.3 Å². The lowest BCUT2D eigenvalue weighted by Gasteiger charge is -2.19. The van der Waals surface area contributed by atoms with E-state index < -0.39 is 0 Å². The number of ether oxygens (including phenoxy) is 1. The van der Waals surface area contributed by atoms with Crippen LogP contribution in [0.15, 0.2) is 36.0 Å². The summed E-state index contributed by atoms with van der Waals surface area (Å²) in [7, 11) is 1.39. The predicted molar refractivity (Wildman–Crippen MR) is 110 cm³/mol. The Balaban J connectivity index is 1.42. The number of carbonyl (C=O) groups is 1. The lowest BCUT2D eigenvalue weighted by atomic mass is 10.0. The zero-order chi connectivity index (χ0) is 20.8. The van der Waals surface area contributed by atoms with E-state index in [4.69, 9.17) is 9.72 Å². The number of carbonyl (C=O) groups excluding carboxylic acids is 2. The number of hydrogen-bond donors (Lipinski definition) is 0. The fourth-order valence-electron chi connectivity index (χ4n) is 4.40. The van der Waals surface area contributed by atoms with Crippen molar-refractivity contribution in [1.29, 1.82) is 0 Å². The Morgan fingerprint density at radius 2 is 2.13 bits per heavy atom. The van der Waals surface area contributed by atoms with E-state index in [1.54, 1.807) is 6.07 Å². The summed E-state index contributed by atoms with van der Waals surface area (Å²) < 4.78 is 21.8. The van der Waals surface area contributed by atoms with Crippen LogP contribution in [0.3, 0.4) is 0 Å². The van der Waals surface area contributed by atoms with Crippen LogP contribution in [0.25, 0.3) is 16.8 Å². The lowest BCUT2D eigenvalue weighted by Crippen LogP contribution is -2.23. The number of rotatable bonds is 4.